The molecule has 1 aromatic heterocycles. The van der Waals surface area contributed by atoms with Gasteiger partial charge in [-0.05, 0) is 25.0 Å². The van der Waals surface area contributed by atoms with Crippen LogP contribution < -0.4 is 10.6 Å². The summed E-state index contributed by atoms with van der Waals surface area (Å²) in [6.45, 7) is 3.12. The summed E-state index contributed by atoms with van der Waals surface area (Å²) in [4.78, 5) is 45.6. The van der Waals surface area contributed by atoms with E-state index < -0.39 is 11.8 Å². The van der Waals surface area contributed by atoms with Crippen LogP contribution in [0.1, 0.15) is 12.8 Å². The molecule has 1 aromatic rings. The van der Waals surface area contributed by atoms with Crippen molar-refractivity contribution in [3.8, 4) is 0 Å². The monoisotopic (exact) mass is 345 g/mol. The number of nitrogens with two attached hydrogens (primary N) is 1. The SMILES string of the molecule is NC(=O)C1CCN(C(=O)C(=O)N2CCN(c3ccccn3)CC2)CC1. The molecule has 0 atom stereocenters. The highest BCUT2D eigenvalue weighted by Crippen LogP contribution is 2.18. The van der Waals surface area contributed by atoms with Gasteiger partial charge in [0.05, 0.1) is 0 Å². The average Bonchev–Trinajstić information content (AvgIpc) is 2.67. The first-order valence-corrected chi connectivity index (χ1v) is 8.59. The number of aromatic nitrogens is 1. The molecular formula is C17H23N5O3. The van der Waals surface area contributed by atoms with E-state index in [0.29, 0.717) is 52.1 Å². The summed E-state index contributed by atoms with van der Waals surface area (Å²) in [5.74, 6) is -0.577. The van der Waals surface area contributed by atoms with Crippen molar-refractivity contribution in [1.29, 1.82) is 0 Å². The van der Waals surface area contributed by atoms with Crippen LogP contribution in [0.4, 0.5) is 5.82 Å². The molecule has 8 heteroatoms. The molecule has 0 aliphatic carbocycles. The minimum Gasteiger partial charge on any atom is -0.369 e. The molecule has 0 unspecified atom stereocenters. The van der Waals surface area contributed by atoms with Crippen LogP contribution in [-0.2, 0) is 14.4 Å². The third-order valence-electron chi connectivity index (χ3n) is 4.91. The normalized spacial score (nSPS) is 19.0. The smallest absolute Gasteiger partial charge is 0.312 e. The van der Waals surface area contributed by atoms with Crippen LogP contribution in [-0.4, -0.2) is 71.8 Å². The zero-order chi connectivity index (χ0) is 17.8. The van der Waals surface area contributed by atoms with Gasteiger partial charge in [0, 0.05) is 51.4 Å². The first-order chi connectivity index (χ1) is 12.1. The van der Waals surface area contributed by atoms with E-state index in [4.69, 9.17) is 5.73 Å². The molecule has 0 saturated carbocycles. The van der Waals surface area contributed by atoms with Crippen LogP contribution in [0.2, 0.25) is 0 Å². The summed E-state index contributed by atoms with van der Waals surface area (Å²) in [5, 5.41) is 0. The van der Waals surface area contributed by atoms with Gasteiger partial charge in [-0.2, -0.15) is 0 Å². The fraction of sp³-hybridized carbons (Fsp3) is 0.529. The molecule has 2 N–H and O–H groups in total. The van der Waals surface area contributed by atoms with Gasteiger partial charge >= 0.3 is 11.8 Å². The molecule has 3 amide bonds. The largest absolute Gasteiger partial charge is 0.369 e. The molecule has 0 spiro atoms. The average molecular weight is 345 g/mol. The van der Waals surface area contributed by atoms with E-state index in [-0.39, 0.29) is 11.8 Å². The van der Waals surface area contributed by atoms with E-state index in [9.17, 15) is 14.4 Å². The van der Waals surface area contributed by atoms with Gasteiger partial charge in [0.15, 0.2) is 0 Å². The lowest BCUT2D eigenvalue weighted by Crippen LogP contribution is -2.54. The molecule has 8 nitrogen and oxygen atoms in total. The van der Waals surface area contributed by atoms with Gasteiger partial charge in [0.1, 0.15) is 5.82 Å². The molecule has 134 valence electrons. The van der Waals surface area contributed by atoms with Crippen LogP contribution in [0.15, 0.2) is 24.4 Å². The number of rotatable bonds is 2. The Hall–Kier alpha value is -2.64. The molecule has 0 radical (unpaired) electrons. The first-order valence-electron chi connectivity index (χ1n) is 8.59. The van der Waals surface area contributed by atoms with Crippen molar-refractivity contribution in [1.82, 2.24) is 14.8 Å². The van der Waals surface area contributed by atoms with Crippen LogP contribution in [0, 0.1) is 5.92 Å². The zero-order valence-corrected chi connectivity index (χ0v) is 14.1. The van der Waals surface area contributed by atoms with E-state index in [1.165, 1.54) is 4.90 Å². The lowest BCUT2D eigenvalue weighted by atomic mass is 9.96. The summed E-state index contributed by atoms with van der Waals surface area (Å²) >= 11 is 0. The lowest BCUT2D eigenvalue weighted by Gasteiger charge is -2.36. The third-order valence-corrected chi connectivity index (χ3v) is 4.91. The second-order valence-electron chi connectivity index (χ2n) is 6.44. The summed E-state index contributed by atoms with van der Waals surface area (Å²) in [6, 6.07) is 5.73. The summed E-state index contributed by atoms with van der Waals surface area (Å²) in [7, 11) is 0. The Bertz CT molecular complexity index is 635. The van der Waals surface area contributed by atoms with E-state index in [2.05, 4.69) is 9.88 Å². The Kier molecular flexibility index (Phi) is 5.16. The number of hydrogen-bond acceptors (Lipinski definition) is 5. The number of likely N-dealkylation sites (tertiary alicyclic amines) is 1. The molecule has 0 bridgehead atoms. The standard InChI is InChI=1S/C17H23N5O3/c18-15(23)13-4-7-21(8-5-13)16(24)17(25)22-11-9-20(10-12-22)14-3-1-2-6-19-14/h1-3,6,13H,4-5,7-12H2,(H2,18,23). The lowest BCUT2D eigenvalue weighted by molar-refractivity contribution is -0.153. The Balaban J connectivity index is 1.51. The summed E-state index contributed by atoms with van der Waals surface area (Å²) < 4.78 is 0. The number of piperidine rings is 1. The minimum absolute atomic E-state index is 0.193. The Morgan fingerprint density at radius 1 is 0.920 bits per heavy atom. The van der Waals surface area contributed by atoms with E-state index in [1.54, 1.807) is 11.1 Å². The summed E-state index contributed by atoms with van der Waals surface area (Å²) in [6.07, 6.45) is 2.80. The highest BCUT2D eigenvalue weighted by molar-refractivity contribution is 6.35. The number of anilines is 1. The molecule has 3 heterocycles. The number of carbonyl (C=O) groups is 3. The topological polar surface area (TPSA) is 99.8 Å². The van der Waals surface area contributed by atoms with Crippen LogP contribution in [0.5, 0.6) is 0 Å². The molecule has 2 aliphatic heterocycles. The third kappa shape index (κ3) is 3.89. The van der Waals surface area contributed by atoms with Crippen LogP contribution >= 0.6 is 0 Å². The number of nitrogens with zero attached hydrogens (tertiary/aromatic N) is 4. The van der Waals surface area contributed by atoms with Crippen molar-refractivity contribution in [2.24, 2.45) is 11.7 Å². The van der Waals surface area contributed by atoms with Gasteiger partial charge in [-0.1, -0.05) is 6.07 Å². The zero-order valence-electron chi connectivity index (χ0n) is 14.1. The predicted molar refractivity (Wildman–Crippen MR) is 91.5 cm³/mol. The highest BCUT2D eigenvalue weighted by Gasteiger charge is 2.33. The quantitative estimate of drug-likeness (QED) is 0.725. The van der Waals surface area contributed by atoms with Gasteiger partial charge < -0.3 is 20.4 Å². The van der Waals surface area contributed by atoms with Crippen LogP contribution in [0.3, 0.4) is 0 Å². The van der Waals surface area contributed by atoms with E-state index in [0.717, 1.165) is 5.82 Å². The van der Waals surface area contributed by atoms with Gasteiger partial charge in [-0.3, -0.25) is 14.4 Å². The van der Waals surface area contributed by atoms with Crippen molar-refractivity contribution in [2.45, 2.75) is 12.8 Å². The maximum absolute atomic E-state index is 12.5. The fourth-order valence-corrected chi connectivity index (χ4v) is 3.32. The molecular weight excluding hydrogens is 322 g/mol. The molecule has 2 aliphatic rings. The molecule has 25 heavy (non-hydrogen) atoms. The fourth-order valence-electron chi connectivity index (χ4n) is 3.32. The second-order valence-corrected chi connectivity index (χ2v) is 6.44. The Morgan fingerprint density at radius 2 is 1.52 bits per heavy atom. The van der Waals surface area contributed by atoms with Crippen molar-refractivity contribution >= 4 is 23.5 Å². The number of amides is 3. The predicted octanol–water partition coefficient (Wildman–Crippen LogP) is -0.546. The maximum atomic E-state index is 12.5. The number of primary amides is 1. The maximum Gasteiger partial charge on any atom is 0.312 e. The van der Waals surface area contributed by atoms with Gasteiger partial charge in [0.25, 0.3) is 0 Å². The Morgan fingerprint density at radius 3 is 2.04 bits per heavy atom. The number of piperazine rings is 1. The summed E-state index contributed by atoms with van der Waals surface area (Å²) in [5.41, 5.74) is 5.30. The number of carbonyl (C=O) groups excluding carboxylic acids is 3. The molecule has 2 saturated heterocycles. The van der Waals surface area contributed by atoms with Crippen molar-refractivity contribution in [2.75, 3.05) is 44.2 Å². The number of pyridine rings is 1. The minimum atomic E-state index is -0.478. The first kappa shape index (κ1) is 17.2. The molecule has 0 aromatic carbocycles. The van der Waals surface area contributed by atoms with E-state index in [1.807, 2.05) is 18.2 Å². The molecule has 2 fully saturated rings. The molecule has 3 rings (SSSR count). The van der Waals surface area contributed by atoms with E-state index >= 15 is 0 Å². The van der Waals surface area contributed by atoms with Crippen molar-refractivity contribution in [3.63, 3.8) is 0 Å². The number of hydrogen-bond donors (Lipinski definition) is 1. The van der Waals surface area contributed by atoms with Gasteiger partial charge in [0.2, 0.25) is 5.91 Å². The van der Waals surface area contributed by atoms with Gasteiger partial charge in [-0.15, -0.1) is 0 Å². The van der Waals surface area contributed by atoms with Crippen LogP contribution in [0.25, 0.3) is 0 Å². The highest BCUT2D eigenvalue weighted by atomic mass is 16.2. The second kappa shape index (κ2) is 7.50. The van der Waals surface area contributed by atoms with Crippen molar-refractivity contribution in [3.05, 3.63) is 24.4 Å². The Labute approximate surface area is 146 Å². The van der Waals surface area contributed by atoms with Gasteiger partial charge in [-0.25, -0.2) is 4.98 Å². The van der Waals surface area contributed by atoms with Crippen molar-refractivity contribution < 1.29 is 14.4 Å².